The molecule has 2 heterocycles. The molecule has 1 aliphatic rings. The molecule has 7 nitrogen and oxygen atoms in total. The van der Waals surface area contributed by atoms with Gasteiger partial charge in [-0.1, -0.05) is 93.5 Å². The first-order valence-corrected chi connectivity index (χ1v) is 13.2. The minimum atomic E-state index is -1.43. The van der Waals surface area contributed by atoms with Crippen molar-refractivity contribution in [1.29, 1.82) is 0 Å². The van der Waals surface area contributed by atoms with E-state index in [1.54, 1.807) is 12.4 Å². The number of pyridine rings is 1. The van der Waals surface area contributed by atoms with Crippen molar-refractivity contribution in [3.8, 4) is 0 Å². The van der Waals surface area contributed by atoms with Crippen molar-refractivity contribution >= 4 is 18.1 Å². The predicted octanol–water partition coefficient (Wildman–Crippen LogP) is 6.46. The van der Waals surface area contributed by atoms with Crippen LogP contribution in [-0.4, -0.2) is 28.6 Å². The van der Waals surface area contributed by atoms with E-state index in [1.165, 1.54) is 51.0 Å². The molecule has 194 valence electrons. The van der Waals surface area contributed by atoms with Crippen LogP contribution in [0.15, 0.2) is 77.8 Å². The average Bonchev–Trinajstić information content (AvgIpc) is 3.48. The number of hydrogen-bond acceptors (Lipinski definition) is 6. The number of esters is 1. The Balaban J connectivity index is 1.44. The highest BCUT2D eigenvalue weighted by Gasteiger charge is 2.48. The third kappa shape index (κ3) is 7.15. The van der Waals surface area contributed by atoms with Gasteiger partial charge < -0.3 is 14.5 Å². The lowest BCUT2D eigenvalue weighted by atomic mass is 9.77. The Morgan fingerprint density at radius 1 is 1.05 bits per heavy atom. The number of benzene rings is 1. The zero-order valence-electron chi connectivity index (χ0n) is 21.2. The molecule has 0 saturated heterocycles. The zero-order chi connectivity index (χ0) is 25.8. The maximum absolute atomic E-state index is 13.7. The van der Waals surface area contributed by atoms with Crippen LogP contribution < -0.4 is 5.32 Å². The van der Waals surface area contributed by atoms with Gasteiger partial charge in [0.15, 0.2) is 5.41 Å². The highest BCUT2D eigenvalue weighted by molar-refractivity contribution is 5.94. The van der Waals surface area contributed by atoms with E-state index in [0.29, 0.717) is 12.1 Å². The van der Waals surface area contributed by atoms with Crippen molar-refractivity contribution in [1.82, 2.24) is 15.3 Å². The Morgan fingerprint density at radius 2 is 1.89 bits per heavy atom. The fourth-order valence-electron chi connectivity index (χ4n) is 5.05. The van der Waals surface area contributed by atoms with Crippen LogP contribution in [0, 0.1) is 5.92 Å². The summed E-state index contributed by atoms with van der Waals surface area (Å²) in [5.41, 5.74) is 0.0803. The number of nitrogens with one attached hydrogen (secondary N) is 1. The lowest BCUT2D eigenvalue weighted by Crippen LogP contribution is -2.42. The number of unbranched alkanes of at least 4 members (excludes halogenated alkanes) is 1. The second kappa shape index (κ2) is 13.5. The minimum Gasteiger partial charge on any atom is -0.447 e. The van der Waals surface area contributed by atoms with E-state index in [9.17, 15) is 9.59 Å². The van der Waals surface area contributed by atoms with Crippen molar-refractivity contribution in [2.75, 3.05) is 6.54 Å². The van der Waals surface area contributed by atoms with Crippen molar-refractivity contribution in [3.63, 3.8) is 0 Å². The number of allylic oxidation sites excluding steroid dienone is 1. The number of rotatable bonds is 11. The van der Waals surface area contributed by atoms with Gasteiger partial charge in [-0.05, 0) is 36.0 Å². The van der Waals surface area contributed by atoms with E-state index in [2.05, 4.69) is 15.3 Å². The molecule has 1 atom stereocenters. The van der Waals surface area contributed by atoms with E-state index >= 15 is 0 Å². The van der Waals surface area contributed by atoms with E-state index in [1.807, 2.05) is 54.6 Å². The van der Waals surface area contributed by atoms with Gasteiger partial charge in [0, 0.05) is 18.9 Å². The average molecular weight is 502 g/mol. The van der Waals surface area contributed by atoms with Crippen LogP contribution in [-0.2, 0) is 14.9 Å². The van der Waals surface area contributed by atoms with Gasteiger partial charge in [-0.15, -0.1) is 0 Å². The Kier molecular flexibility index (Phi) is 9.63. The first kappa shape index (κ1) is 26.3. The summed E-state index contributed by atoms with van der Waals surface area (Å²) < 4.78 is 11.0. The third-order valence-electron chi connectivity index (χ3n) is 7.05. The van der Waals surface area contributed by atoms with Crippen LogP contribution in [0.3, 0.4) is 0 Å². The lowest BCUT2D eigenvalue weighted by molar-refractivity contribution is -0.143. The molecule has 2 aromatic heterocycles. The highest BCUT2D eigenvalue weighted by atomic mass is 16.6. The summed E-state index contributed by atoms with van der Waals surface area (Å²) in [7, 11) is 0. The molecule has 1 aromatic carbocycles. The van der Waals surface area contributed by atoms with Crippen molar-refractivity contribution in [2.45, 2.75) is 63.2 Å². The topological polar surface area (TPSA) is 94.3 Å². The summed E-state index contributed by atoms with van der Waals surface area (Å²) in [5, 5.41) is 2.74. The number of ether oxygens (including phenoxy) is 1. The number of alkyl carbamates (subject to hydrolysis) is 1. The third-order valence-corrected chi connectivity index (χ3v) is 7.05. The second-order valence-electron chi connectivity index (χ2n) is 9.61. The summed E-state index contributed by atoms with van der Waals surface area (Å²) in [6.45, 7) is 0.469. The fraction of sp³-hybridized carbons (Fsp3) is 0.400. The van der Waals surface area contributed by atoms with Crippen molar-refractivity contribution < 1.29 is 18.7 Å². The highest BCUT2D eigenvalue weighted by Crippen LogP contribution is 2.37. The van der Waals surface area contributed by atoms with Gasteiger partial charge >= 0.3 is 12.1 Å². The smallest absolute Gasteiger partial charge is 0.414 e. The lowest BCUT2D eigenvalue weighted by Gasteiger charge is -2.27. The molecule has 1 unspecified atom stereocenters. The quantitative estimate of drug-likeness (QED) is 0.184. The molecule has 7 heteroatoms. The normalized spacial score (nSPS) is 15.8. The number of amides is 1. The van der Waals surface area contributed by atoms with Crippen LogP contribution in [0.2, 0.25) is 0 Å². The van der Waals surface area contributed by atoms with E-state index in [4.69, 9.17) is 9.15 Å². The van der Waals surface area contributed by atoms with Gasteiger partial charge in [0.1, 0.15) is 6.26 Å². The summed E-state index contributed by atoms with van der Waals surface area (Å²) >= 11 is 0. The van der Waals surface area contributed by atoms with Gasteiger partial charge in [-0.3, -0.25) is 4.98 Å². The number of nitrogens with zero attached hydrogens (tertiary/aromatic N) is 2. The fourth-order valence-corrected chi connectivity index (χ4v) is 5.05. The van der Waals surface area contributed by atoms with Crippen LogP contribution >= 0.6 is 0 Å². The Labute approximate surface area is 218 Å². The van der Waals surface area contributed by atoms with E-state index in [0.717, 1.165) is 24.3 Å². The Hall–Kier alpha value is -3.74. The number of hydrogen-bond donors (Lipinski definition) is 1. The summed E-state index contributed by atoms with van der Waals surface area (Å²) in [4.78, 5) is 34.7. The molecule has 37 heavy (non-hydrogen) atoms. The van der Waals surface area contributed by atoms with Crippen LogP contribution in [0.5, 0.6) is 0 Å². The second-order valence-corrected chi connectivity index (χ2v) is 9.61. The Bertz CT molecular complexity index is 1130. The van der Waals surface area contributed by atoms with Gasteiger partial charge in [-0.25, -0.2) is 14.6 Å². The SMILES string of the molecule is O=C(NCCCCC1CCCCC1)OC(=O)C(CC=Cc1cccnc1)(c1ccccc1)c1ncco1. The van der Waals surface area contributed by atoms with Crippen molar-refractivity contribution in [3.05, 3.63) is 90.4 Å². The monoisotopic (exact) mass is 501 g/mol. The maximum Gasteiger partial charge on any atom is 0.414 e. The zero-order valence-corrected chi connectivity index (χ0v) is 21.2. The summed E-state index contributed by atoms with van der Waals surface area (Å²) in [5.74, 6) is 0.241. The number of oxazole rings is 1. The number of carbonyl (C=O) groups is 2. The molecule has 0 bridgehead atoms. The van der Waals surface area contributed by atoms with Gasteiger partial charge in [0.05, 0.1) is 6.20 Å². The molecule has 1 saturated carbocycles. The minimum absolute atomic E-state index is 0.166. The maximum atomic E-state index is 13.7. The molecule has 1 amide bonds. The largest absolute Gasteiger partial charge is 0.447 e. The van der Waals surface area contributed by atoms with Crippen LogP contribution in [0.25, 0.3) is 6.08 Å². The molecule has 3 aromatic rings. The number of carbonyl (C=O) groups excluding carboxylic acids is 2. The van der Waals surface area contributed by atoms with Crippen LogP contribution in [0.4, 0.5) is 4.79 Å². The molecule has 1 aliphatic carbocycles. The van der Waals surface area contributed by atoms with E-state index < -0.39 is 17.5 Å². The first-order chi connectivity index (χ1) is 18.2. The molecular weight excluding hydrogens is 466 g/mol. The molecular formula is C30H35N3O4. The standard InChI is InChI=1S/C30H35N3O4/c34-28(37-29(35)33-20-8-7-13-24-11-3-1-4-12-24)30(27-32-21-22-36-27,26-16-5-2-6-17-26)18-9-14-25-15-10-19-31-23-25/h2,5-6,9-10,14-17,19,21-24H,1,3-4,7-8,11-13,18,20H2,(H,33,35). The van der Waals surface area contributed by atoms with Crippen LogP contribution in [0.1, 0.15) is 74.8 Å². The Morgan fingerprint density at radius 3 is 2.62 bits per heavy atom. The molecule has 0 spiro atoms. The molecule has 0 aliphatic heterocycles. The predicted molar refractivity (Wildman–Crippen MR) is 142 cm³/mol. The van der Waals surface area contributed by atoms with Gasteiger partial charge in [0.25, 0.3) is 0 Å². The van der Waals surface area contributed by atoms with E-state index in [-0.39, 0.29) is 12.3 Å². The summed E-state index contributed by atoms with van der Waals surface area (Å²) in [6.07, 6.45) is 19.2. The molecule has 0 radical (unpaired) electrons. The van der Waals surface area contributed by atoms with Gasteiger partial charge in [-0.2, -0.15) is 0 Å². The molecule has 1 fully saturated rings. The van der Waals surface area contributed by atoms with Crippen molar-refractivity contribution in [2.24, 2.45) is 5.92 Å². The molecule has 1 N–H and O–H groups in total. The first-order valence-electron chi connectivity index (χ1n) is 13.2. The summed E-state index contributed by atoms with van der Waals surface area (Å²) in [6, 6.07) is 12.9. The number of aromatic nitrogens is 2. The molecule has 4 rings (SSSR count). The van der Waals surface area contributed by atoms with Gasteiger partial charge in [0.2, 0.25) is 5.89 Å².